The van der Waals surface area contributed by atoms with E-state index in [4.69, 9.17) is 4.74 Å². The van der Waals surface area contributed by atoms with Crippen molar-refractivity contribution in [3.05, 3.63) is 63.4 Å². The van der Waals surface area contributed by atoms with E-state index >= 15 is 0 Å². The maximum absolute atomic E-state index is 13.0. The van der Waals surface area contributed by atoms with Crippen LogP contribution in [0.25, 0.3) is 16.7 Å². The predicted molar refractivity (Wildman–Crippen MR) is 120 cm³/mol. The second-order valence-corrected chi connectivity index (χ2v) is 8.57. The van der Waals surface area contributed by atoms with Gasteiger partial charge in [0, 0.05) is 16.8 Å². The van der Waals surface area contributed by atoms with Gasteiger partial charge < -0.3 is 4.74 Å². The summed E-state index contributed by atoms with van der Waals surface area (Å²) < 4.78 is 10.5. The molecule has 0 saturated heterocycles. The van der Waals surface area contributed by atoms with Crippen LogP contribution < -0.4 is 10.3 Å². The summed E-state index contributed by atoms with van der Waals surface area (Å²) in [4.78, 5) is 13.0. The van der Waals surface area contributed by atoms with Gasteiger partial charge >= 0.3 is 0 Å². The molecule has 0 fully saturated rings. The summed E-state index contributed by atoms with van der Waals surface area (Å²) in [6.07, 6.45) is 1.93. The molecule has 0 saturated carbocycles. The van der Waals surface area contributed by atoms with E-state index in [1.54, 1.807) is 16.3 Å². The van der Waals surface area contributed by atoms with E-state index in [9.17, 15) is 4.79 Å². The van der Waals surface area contributed by atoms with Crippen molar-refractivity contribution in [3.63, 3.8) is 0 Å². The van der Waals surface area contributed by atoms with Gasteiger partial charge in [-0.2, -0.15) is 0 Å². The Kier molecular flexibility index (Phi) is 6.20. The van der Waals surface area contributed by atoms with Crippen LogP contribution in [0.3, 0.4) is 0 Å². The number of para-hydroxylation sites is 1. The third-order valence-corrected chi connectivity index (χ3v) is 6.03. The number of benzene rings is 2. The molecule has 0 unspecified atom stereocenters. The lowest BCUT2D eigenvalue weighted by atomic mass is 10.2. The van der Waals surface area contributed by atoms with Gasteiger partial charge in [0.2, 0.25) is 5.78 Å². The minimum absolute atomic E-state index is 0.0101. The maximum atomic E-state index is 13.0. The van der Waals surface area contributed by atoms with Crippen molar-refractivity contribution in [1.29, 1.82) is 0 Å². The van der Waals surface area contributed by atoms with Crippen LogP contribution in [-0.2, 0) is 6.54 Å². The van der Waals surface area contributed by atoms with E-state index in [-0.39, 0.29) is 5.56 Å². The van der Waals surface area contributed by atoms with Gasteiger partial charge in [-0.25, -0.2) is 0 Å². The molecule has 2 aromatic carbocycles. The molecule has 6 nitrogen and oxygen atoms in total. The fourth-order valence-corrected chi connectivity index (χ4v) is 4.19. The minimum Gasteiger partial charge on any atom is -0.493 e. The van der Waals surface area contributed by atoms with Gasteiger partial charge in [-0.1, -0.05) is 53.2 Å². The number of halogens is 1. The normalized spacial score (nSPS) is 11.4. The van der Waals surface area contributed by atoms with E-state index in [2.05, 4.69) is 33.1 Å². The summed E-state index contributed by atoms with van der Waals surface area (Å²) in [6.45, 7) is 3.30. The first-order valence-electron chi connectivity index (χ1n) is 9.57. The zero-order chi connectivity index (χ0) is 20.2. The van der Waals surface area contributed by atoms with Crippen LogP contribution in [0.1, 0.15) is 19.8 Å². The molecule has 0 spiro atoms. The third-order valence-electron chi connectivity index (χ3n) is 4.61. The Hall–Kier alpha value is -2.32. The van der Waals surface area contributed by atoms with Gasteiger partial charge in [0.15, 0.2) is 5.16 Å². The van der Waals surface area contributed by atoms with Crippen molar-refractivity contribution in [2.75, 3.05) is 12.4 Å². The number of ether oxygens (including phenoxy) is 1. The van der Waals surface area contributed by atoms with Crippen molar-refractivity contribution in [2.45, 2.75) is 31.5 Å². The molecule has 0 bridgehead atoms. The monoisotopic (exact) mass is 472 g/mol. The summed E-state index contributed by atoms with van der Waals surface area (Å²) in [5.74, 6) is 2.15. The number of thioether (sulfide) groups is 1. The molecule has 29 heavy (non-hydrogen) atoms. The number of aromatic nitrogens is 4. The molecule has 4 rings (SSSR count). The second-order valence-electron chi connectivity index (χ2n) is 6.60. The Morgan fingerprint density at radius 2 is 1.90 bits per heavy atom. The Balaban J connectivity index is 1.60. The summed E-state index contributed by atoms with van der Waals surface area (Å²) in [5, 5.41) is 10.2. The first-order chi connectivity index (χ1) is 14.2. The highest BCUT2D eigenvalue weighted by Gasteiger charge is 2.16. The molecule has 0 aliphatic carbocycles. The molecule has 150 valence electrons. The van der Waals surface area contributed by atoms with E-state index in [0.717, 1.165) is 39.5 Å². The van der Waals surface area contributed by atoms with Gasteiger partial charge in [0.1, 0.15) is 5.75 Å². The van der Waals surface area contributed by atoms with Crippen molar-refractivity contribution >= 4 is 44.4 Å². The van der Waals surface area contributed by atoms with Gasteiger partial charge in [0.25, 0.3) is 5.56 Å². The highest BCUT2D eigenvalue weighted by atomic mass is 79.9. The Morgan fingerprint density at radius 1 is 1.10 bits per heavy atom. The average molecular weight is 473 g/mol. The molecule has 0 aliphatic heterocycles. The van der Waals surface area contributed by atoms with Crippen molar-refractivity contribution in [3.8, 4) is 5.75 Å². The Labute approximate surface area is 181 Å². The van der Waals surface area contributed by atoms with Crippen LogP contribution in [0.5, 0.6) is 5.75 Å². The van der Waals surface area contributed by atoms with E-state index in [0.29, 0.717) is 24.3 Å². The molecule has 0 amide bonds. The quantitative estimate of drug-likeness (QED) is 0.272. The lowest BCUT2D eigenvalue weighted by Crippen LogP contribution is -2.23. The van der Waals surface area contributed by atoms with Crippen molar-refractivity contribution < 1.29 is 4.74 Å². The van der Waals surface area contributed by atoms with Gasteiger partial charge in [-0.15, -0.1) is 10.2 Å². The molecular formula is C21H21BrN4O2S. The van der Waals surface area contributed by atoms with Gasteiger partial charge in [-0.05, 0) is 42.8 Å². The number of unbranched alkanes of at least 4 members (excludes halogenated alkanes) is 1. The van der Waals surface area contributed by atoms with Crippen LogP contribution in [0.4, 0.5) is 0 Å². The van der Waals surface area contributed by atoms with Crippen LogP contribution in [0, 0.1) is 0 Å². The molecule has 0 N–H and O–H groups in total. The molecule has 2 aromatic heterocycles. The SMILES string of the molecule is CCCCn1c(=O)c2ccccc2n2c(SCCOc3ccc(Br)cc3)nnc12. The first-order valence-corrected chi connectivity index (χ1v) is 11.3. The lowest BCUT2D eigenvalue weighted by molar-refractivity contribution is 0.344. The number of aryl methyl sites for hydroxylation is 1. The highest BCUT2D eigenvalue weighted by molar-refractivity contribution is 9.10. The molecule has 0 radical (unpaired) electrons. The van der Waals surface area contributed by atoms with Crippen LogP contribution >= 0.6 is 27.7 Å². The number of fused-ring (bicyclic) bond motifs is 3. The molecule has 4 aromatic rings. The minimum atomic E-state index is -0.0101. The van der Waals surface area contributed by atoms with Crippen molar-refractivity contribution in [1.82, 2.24) is 19.2 Å². The van der Waals surface area contributed by atoms with Crippen LogP contribution in [-0.4, -0.2) is 31.5 Å². The standard InChI is InChI=1S/C21H21BrN4O2S/c1-2-3-12-25-19(27)17-6-4-5-7-18(17)26-20(25)23-24-21(26)29-14-13-28-16-10-8-15(22)9-11-16/h4-11H,2-3,12-14H2,1H3. The molecule has 8 heteroatoms. The summed E-state index contributed by atoms with van der Waals surface area (Å²) in [5.41, 5.74) is 0.825. The Morgan fingerprint density at radius 3 is 2.69 bits per heavy atom. The van der Waals surface area contributed by atoms with E-state index in [1.165, 1.54) is 0 Å². The molecule has 0 aliphatic rings. The molecule has 2 heterocycles. The smallest absolute Gasteiger partial charge is 0.262 e. The first kappa shape index (κ1) is 20.0. The lowest BCUT2D eigenvalue weighted by Gasteiger charge is -2.11. The van der Waals surface area contributed by atoms with Crippen LogP contribution in [0.2, 0.25) is 0 Å². The largest absolute Gasteiger partial charge is 0.493 e. The second kappa shape index (κ2) is 9.00. The zero-order valence-corrected chi connectivity index (χ0v) is 18.4. The van der Waals surface area contributed by atoms with Gasteiger partial charge in [-0.3, -0.25) is 13.8 Å². The predicted octanol–water partition coefficient (Wildman–Crippen LogP) is 4.78. The average Bonchev–Trinajstić information content (AvgIpc) is 3.16. The number of hydrogen-bond acceptors (Lipinski definition) is 5. The maximum Gasteiger partial charge on any atom is 0.262 e. The summed E-state index contributed by atoms with van der Waals surface area (Å²) in [6, 6.07) is 15.4. The summed E-state index contributed by atoms with van der Waals surface area (Å²) in [7, 11) is 0. The fourth-order valence-electron chi connectivity index (χ4n) is 3.17. The number of nitrogens with zero attached hydrogens (tertiary/aromatic N) is 4. The number of rotatable bonds is 8. The van der Waals surface area contributed by atoms with Crippen LogP contribution in [0.15, 0.2) is 63.0 Å². The highest BCUT2D eigenvalue weighted by Crippen LogP contribution is 2.22. The topological polar surface area (TPSA) is 61.4 Å². The molecule has 0 atom stereocenters. The van der Waals surface area contributed by atoms with Crippen molar-refractivity contribution in [2.24, 2.45) is 0 Å². The van der Waals surface area contributed by atoms with Gasteiger partial charge in [0.05, 0.1) is 17.5 Å². The third kappa shape index (κ3) is 4.18. The molecular weight excluding hydrogens is 452 g/mol. The fraction of sp³-hybridized carbons (Fsp3) is 0.286. The number of hydrogen-bond donors (Lipinski definition) is 0. The summed E-state index contributed by atoms with van der Waals surface area (Å²) >= 11 is 4.99. The van der Waals surface area contributed by atoms with E-state index in [1.807, 2.05) is 52.9 Å². The van der Waals surface area contributed by atoms with E-state index < -0.39 is 0 Å². The zero-order valence-electron chi connectivity index (χ0n) is 16.0. The Bertz CT molecular complexity index is 1190.